The maximum absolute atomic E-state index is 9.79. The van der Waals surface area contributed by atoms with Crippen molar-refractivity contribution in [2.24, 2.45) is 5.92 Å². The highest BCUT2D eigenvalue weighted by Crippen LogP contribution is 2.02. The van der Waals surface area contributed by atoms with Gasteiger partial charge < -0.3 is 20.4 Å². The van der Waals surface area contributed by atoms with Gasteiger partial charge in [-0.2, -0.15) is 0 Å². The van der Waals surface area contributed by atoms with Crippen LogP contribution >= 0.6 is 0 Å². The lowest BCUT2D eigenvalue weighted by atomic mass is 10.1. The molecule has 16 heavy (non-hydrogen) atoms. The monoisotopic (exact) mass is 236 g/mol. The van der Waals surface area contributed by atoms with Gasteiger partial charge in [0.05, 0.1) is 0 Å². The van der Waals surface area contributed by atoms with Crippen molar-refractivity contribution in [1.29, 1.82) is 0 Å². The van der Waals surface area contributed by atoms with Crippen LogP contribution in [0.15, 0.2) is 0 Å². The lowest BCUT2D eigenvalue weighted by molar-refractivity contribution is -0.138. The Bertz CT molecular complexity index is 187. The van der Waals surface area contributed by atoms with Crippen LogP contribution < -0.4 is 0 Å². The highest BCUT2D eigenvalue weighted by atomic mass is 16.5. The lowest BCUT2D eigenvalue weighted by Gasteiger charge is -2.08. The molecule has 0 aromatic rings. The van der Waals surface area contributed by atoms with Crippen molar-refractivity contribution in [2.75, 3.05) is 0 Å². The van der Waals surface area contributed by atoms with E-state index >= 15 is 0 Å². The molecule has 0 amide bonds. The Hall–Kier alpha value is -1.14. The Kier molecular flexibility index (Phi) is 11.2. The Balaban J connectivity index is 0. The highest BCUT2D eigenvalue weighted by molar-refractivity contribution is 5.69. The second kappa shape index (κ2) is 10.4. The summed E-state index contributed by atoms with van der Waals surface area (Å²) >= 11 is 0. The van der Waals surface area contributed by atoms with Crippen LogP contribution in [0.5, 0.6) is 0 Å². The van der Waals surface area contributed by atoms with Gasteiger partial charge in [-0.1, -0.05) is 13.8 Å². The van der Waals surface area contributed by atoms with E-state index in [1.165, 1.54) is 0 Å². The van der Waals surface area contributed by atoms with Gasteiger partial charge in [-0.05, 0) is 12.8 Å². The molecule has 0 aliphatic rings. The molecule has 0 aromatic carbocycles. The van der Waals surface area contributed by atoms with Gasteiger partial charge in [0, 0.05) is 18.8 Å². The van der Waals surface area contributed by atoms with Gasteiger partial charge in [0.25, 0.3) is 0 Å². The van der Waals surface area contributed by atoms with E-state index < -0.39 is 18.2 Å². The molecule has 6 heteroatoms. The standard InChI is InChI=1S/C5H8O4.C5H12O2/c6-4(7)2-1-3-5(8)9;1-3-4(2)5(6)7/h1-3H2,(H,6,7)(H,8,9);4-7H,3H2,1-2H3. The molecule has 0 aliphatic heterocycles. The van der Waals surface area contributed by atoms with E-state index in [0.29, 0.717) is 0 Å². The largest absolute Gasteiger partial charge is 0.481 e. The normalized spacial score (nSPS) is 11.6. The van der Waals surface area contributed by atoms with Gasteiger partial charge in [-0.3, -0.25) is 9.59 Å². The van der Waals surface area contributed by atoms with Crippen molar-refractivity contribution in [1.82, 2.24) is 0 Å². The SMILES string of the molecule is CCC(C)C(O)O.O=C(O)CCCC(=O)O. The Labute approximate surface area is 94.5 Å². The summed E-state index contributed by atoms with van der Waals surface area (Å²) in [4.78, 5) is 19.6. The molecule has 0 saturated carbocycles. The first kappa shape index (κ1) is 17.3. The molecular weight excluding hydrogens is 216 g/mol. The van der Waals surface area contributed by atoms with Gasteiger partial charge >= 0.3 is 11.9 Å². The molecule has 0 bridgehead atoms. The van der Waals surface area contributed by atoms with Gasteiger partial charge in [-0.25, -0.2) is 0 Å². The average molecular weight is 236 g/mol. The number of aliphatic carboxylic acids is 2. The van der Waals surface area contributed by atoms with Crippen LogP contribution in [0, 0.1) is 5.92 Å². The summed E-state index contributed by atoms with van der Waals surface area (Å²) in [5.41, 5.74) is 0. The molecule has 0 aromatic heterocycles. The van der Waals surface area contributed by atoms with Gasteiger partial charge in [0.2, 0.25) is 0 Å². The number of carbonyl (C=O) groups is 2. The van der Waals surface area contributed by atoms with E-state index in [4.69, 9.17) is 20.4 Å². The maximum atomic E-state index is 9.79. The minimum Gasteiger partial charge on any atom is -0.481 e. The fourth-order valence-corrected chi connectivity index (χ4v) is 0.602. The zero-order chi connectivity index (χ0) is 13.1. The molecule has 1 unspecified atom stereocenters. The summed E-state index contributed by atoms with van der Waals surface area (Å²) < 4.78 is 0. The van der Waals surface area contributed by atoms with E-state index in [2.05, 4.69) is 0 Å². The Morgan fingerprint density at radius 1 is 1.06 bits per heavy atom. The molecule has 0 spiro atoms. The van der Waals surface area contributed by atoms with Crippen LogP contribution in [0.1, 0.15) is 39.5 Å². The second-order valence-corrected chi connectivity index (χ2v) is 3.44. The molecule has 1 atom stereocenters. The van der Waals surface area contributed by atoms with Crippen molar-refractivity contribution in [3.05, 3.63) is 0 Å². The van der Waals surface area contributed by atoms with Crippen molar-refractivity contribution < 1.29 is 30.0 Å². The first-order valence-corrected chi connectivity index (χ1v) is 5.11. The summed E-state index contributed by atoms with van der Waals surface area (Å²) in [7, 11) is 0. The average Bonchev–Trinajstić information content (AvgIpc) is 2.16. The van der Waals surface area contributed by atoms with Crippen LogP contribution in [0.25, 0.3) is 0 Å². The number of carboxylic acid groups (broad SMARTS) is 2. The van der Waals surface area contributed by atoms with Crippen LogP contribution in [-0.2, 0) is 9.59 Å². The molecule has 0 heterocycles. The summed E-state index contributed by atoms with van der Waals surface area (Å²) in [6, 6.07) is 0. The summed E-state index contributed by atoms with van der Waals surface area (Å²) in [6.07, 6.45) is -0.231. The predicted octanol–water partition coefficient (Wildman–Crippen LogP) is 0.669. The maximum Gasteiger partial charge on any atom is 0.303 e. The van der Waals surface area contributed by atoms with E-state index in [0.717, 1.165) is 6.42 Å². The number of rotatable bonds is 6. The molecule has 0 aliphatic carbocycles. The zero-order valence-electron chi connectivity index (χ0n) is 9.59. The third-order valence-corrected chi connectivity index (χ3v) is 1.93. The predicted molar refractivity (Wildman–Crippen MR) is 56.8 cm³/mol. The molecule has 0 saturated heterocycles. The molecule has 96 valence electrons. The van der Waals surface area contributed by atoms with Crippen LogP contribution in [0.3, 0.4) is 0 Å². The molecule has 0 rings (SSSR count). The van der Waals surface area contributed by atoms with Crippen LogP contribution in [0.2, 0.25) is 0 Å². The molecule has 6 nitrogen and oxygen atoms in total. The van der Waals surface area contributed by atoms with Gasteiger partial charge in [0.15, 0.2) is 6.29 Å². The van der Waals surface area contributed by atoms with Crippen LogP contribution in [0.4, 0.5) is 0 Å². The quantitative estimate of drug-likeness (QED) is 0.504. The molecule has 4 N–H and O–H groups in total. The number of carboxylic acids is 2. The fourth-order valence-electron chi connectivity index (χ4n) is 0.602. The minimum absolute atomic E-state index is 0.0139. The summed E-state index contributed by atoms with van der Waals surface area (Å²) in [5, 5.41) is 32.8. The number of aliphatic hydroxyl groups excluding tert-OH is 1. The summed E-state index contributed by atoms with van der Waals surface area (Å²) in [5.74, 6) is -1.88. The first-order valence-electron chi connectivity index (χ1n) is 5.11. The summed E-state index contributed by atoms with van der Waals surface area (Å²) in [6.45, 7) is 3.72. The van der Waals surface area contributed by atoms with Crippen molar-refractivity contribution in [3.63, 3.8) is 0 Å². The number of hydrogen-bond donors (Lipinski definition) is 4. The van der Waals surface area contributed by atoms with E-state index in [1.807, 2.05) is 6.92 Å². The van der Waals surface area contributed by atoms with Crippen molar-refractivity contribution in [2.45, 2.75) is 45.8 Å². The van der Waals surface area contributed by atoms with E-state index in [-0.39, 0.29) is 25.2 Å². The molecule has 0 fully saturated rings. The molecular formula is C10H20O6. The van der Waals surface area contributed by atoms with Crippen LogP contribution in [-0.4, -0.2) is 38.7 Å². The molecule has 0 radical (unpaired) electrons. The van der Waals surface area contributed by atoms with E-state index in [1.54, 1.807) is 6.92 Å². The Morgan fingerprint density at radius 2 is 1.44 bits per heavy atom. The third kappa shape index (κ3) is 15.3. The van der Waals surface area contributed by atoms with E-state index in [9.17, 15) is 9.59 Å². The third-order valence-electron chi connectivity index (χ3n) is 1.93. The fraction of sp³-hybridized carbons (Fsp3) is 0.800. The topological polar surface area (TPSA) is 115 Å². The van der Waals surface area contributed by atoms with Crippen molar-refractivity contribution >= 4 is 11.9 Å². The minimum atomic E-state index is -1.13. The Morgan fingerprint density at radius 3 is 1.56 bits per heavy atom. The number of hydrogen-bond acceptors (Lipinski definition) is 4. The van der Waals surface area contributed by atoms with Gasteiger partial charge in [0.1, 0.15) is 0 Å². The zero-order valence-corrected chi connectivity index (χ0v) is 9.59. The number of aliphatic hydroxyl groups is 2. The lowest BCUT2D eigenvalue weighted by Crippen LogP contribution is -2.14. The second-order valence-electron chi connectivity index (χ2n) is 3.44. The highest BCUT2D eigenvalue weighted by Gasteiger charge is 2.05. The smallest absolute Gasteiger partial charge is 0.303 e. The van der Waals surface area contributed by atoms with Crippen molar-refractivity contribution in [3.8, 4) is 0 Å². The first-order chi connectivity index (χ1) is 7.31. The van der Waals surface area contributed by atoms with Gasteiger partial charge in [-0.15, -0.1) is 0 Å².